The molecule has 0 aromatic heterocycles. The lowest BCUT2D eigenvalue weighted by molar-refractivity contribution is 0.219. The molecule has 0 aliphatic carbocycles. The van der Waals surface area contributed by atoms with Crippen LogP contribution in [-0.2, 0) is 20.9 Å². The van der Waals surface area contributed by atoms with Crippen LogP contribution in [0.3, 0.4) is 0 Å². The lowest BCUT2D eigenvalue weighted by atomic mass is 9.77. The third-order valence-corrected chi connectivity index (χ3v) is 4.67. The fraction of sp³-hybridized carbons (Fsp3) is 0.667. The molecule has 0 saturated heterocycles. The van der Waals surface area contributed by atoms with E-state index in [9.17, 15) is 17.2 Å². The minimum absolute atomic E-state index is 0.0331. The van der Waals surface area contributed by atoms with Gasteiger partial charge in [-0.15, -0.1) is 0 Å². The molecule has 0 aliphatic heterocycles. The first-order valence-corrected chi connectivity index (χ1v) is 9.45. The zero-order valence-corrected chi connectivity index (χ0v) is 16.5. The standard InChI is InChI=1S/C18H28F2O3S/c1-11(2)13-9-12(17(3,4)5)10-14(18(6,7)8)15(13)23-24(21,22)16(19)20/h9-11,16H,1-8H3. The first-order valence-electron chi connectivity index (χ1n) is 7.97. The molecule has 0 aliphatic rings. The molecule has 0 fully saturated rings. The van der Waals surface area contributed by atoms with Crippen LogP contribution in [0.1, 0.15) is 78.0 Å². The van der Waals surface area contributed by atoms with Gasteiger partial charge in [-0.3, -0.25) is 0 Å². The second kappa shape index (κ2) is 6.62. The van der Waals surface area contributed by atoms with Gasteiger partial charge >= 0.3 is 15.9 Å². The summed E-state index contributed by atoms with van der Waals surface area (Å²) in [4.78, 5) is 0. The molecular weight excluding hydrogens is 334 g/mol. The highest BCUT2D eigenvalue weighted by Gasteiger charge is 2.33. The van der Waals surface area contributed by atoms with E-state index >= 15 is 0 Å². The molecule has 3 nitrogen and oxygen atoms in total. The molecule has 1 aromatic rings. The van der Waals surface area contributed by atoms with Gasteiger partial charge in [-0.1, -0.05) is 67.5 Å². The summed E-state index contributed by atoms with van der Waals surface area (Å²) in [6.45, 7) is 15.6. The van der Waals surface area contributed by atoms with Gasteiger partial charge in [0.05, 0.1) is 0 Å². The summed E-state index contributed by atoms with van der Waals surface area (Å²) in [5, 5.41) is 0. The molecule has 0 unspecified atom stereocenters. The Morgan fingerprint density at radius 2 is 1.46 bits per heavy atom. The lowest BCUT2D eigenvalue weighted by Gasteiger charge is -2.29. The fourth-order valence-corrected chi connectivity index (χ4v) is 2.81. The molecule has 6 heteroatoms. The quantitative estimate of drug-likeness (QED) is 0.679. The summed E-state index contributed by atoms with van der Waals surface area (Å²) >= 11 is 0. The van der Waals surface area contributed by atoms with Gasteiger partial charge < -0.3 is 4.18 Å². The van der Waals surface area contributed by atoms with Gasteiger partial charge in [0.2, 0.25) is 0 Å². The highest BCUT2D eigenvalue weighted by atomic mass is 32.2. The topological polar surface area (TPSA) is 43.4 Å². The van der Waals surface area contributed by atoms with Gasteiger partial charge in [-0.05, 0) is 27.9 Å². The second-order valence-corrected chi connectivity index (χ2v) is 9.94. The Labute approximate surface area is 144 Å². The Morgan fingerprint density at radius 1 is 0.958 bits per heavy atom. The molecule has 138 valence electrons. The number of hydrogen-bond acceptors (Lipinski definition) is 3. The van der Waals surface area contributed by atoms with Crippen molar-refractivity contribution in [2.45, 2.75) is 77.9 Å². The smallest absolute Gasteiger partial charge is 0.372 e. The summed E-state index contributed by atoms with van der Waals surface area (Å²) in [6.07, 6.45) is 0. The van der Waals surface area contributed by atoms with E-state index in [0.29, 0.717) is 11.1 Å². The molecule has 0 radical (unpaired) electrons. The lowest BCUT2D eigenvalue weighted by Crippen LogP contribution is -2.24. The molecular formula is C18H28F2O3S. The average Bonchev–Trinajstić information content (AvgIpc) is 2.34. The molecule has 0 amide bonds. The van der Waals surface area contributed by atoms with E-state index in [2.05, 4.69) is 20.8 Å². The number of halogens is 2. The Kier molecular flexibility index (Phi) is 5.76. The van der Waals surface area contributed by atoms with E-state index < -0.39 is 21.3 Å². The Bertz CT molecular complexity index is 694. The molecule has 0 bridgehead atoms. The summed E-state index contributed by atoms with van der Waals surface area (Å²) < 4.78 is 53.9. The Morgan fingerprint density at radius 3 is 1.79 bits per heavy atom. The van der Waals surface area contributed by atoms with Gasteiger partial charge in [-0.25, -0.2) is 0 Å². The van der Waals surface area contributed by atoms with Crippen LogP contribution < -0.4 is 4.18 Å². The number of rotatable bonds is 4. The van der Waals surface area contributed by atoms with Crippen LogP contribution in [0.2, 0.25) is 0 Å². The number of hydrogen-bond donors (Lipinski definition) is 0. The van der Waals surface area contributed by atoms with E-state index in [1.54, 1.807) is 0 Å². The molecule has 0 N–H and O–H groups in total. The minimum atomic E-state index is -4.97. The maximum atomic E-state index is 12.8. The van der Waals surface area contributed by atoms with Crippen LogP contribution in [-0.4, -0.2) is 14.2 Å². The van der Waals surface area contributed by atoms with Crippen molar-refractivity contribution in [1.82, 2.24) is 0 Å². The van der Waals surface area contributed by atoms with Crippen LogP contribution in [0.15, 0.2) is 12.1 Å². The van der Waals surface area contributed by atoms with E-state index in [4.69, 9.17) is 4.18 Å². The van der Waals surface area contributed by atoms with Crippen molar-refractivity contribution in [3.8, 4) is 5.75 Å². The maximum Gasteiger partial charge on any atom is 0.372 e. The van der Waals surface area contributed by atoms with Crippen LogP contribution in [0.4, 0.5) is 8.78 Å². The molecule has 1 aromatic carbocycles. The van der Waals surface area contributed by atoms with Crippen molar-refractivity contribution < 1.29 is 21.4 Å². The molecule has 0 saturated carbocycles. The van der Waals surface area contributed by atoms with Crippen LogP contribution in [0, 0.1) is 0 Å². The van der Waals surface area contributed by atoms with Crippen LogP contribution >= 0.6 is 0 Å². The van der Waals surface area contributed by atoms with Crippen molar-refractivity contribution >= 4 is 10.1 Å². The van der Waals surface area contributed by atoms with Crippen molar-refractivity contribution in [2.24, 2.45) is 0 Å². The molecule has 24 heavy (non-hydrogen) atoms. The largest absolute Gasteiger partial charge is 0.378 e. The van der Waals surface area contributed by atoms with Crippen molar-refractivity contribution in [3.05, 3.63) is 28.8 Å². The van der Waals surface area contributed by atoms with Gasteiger partial charge in [0.1, 0.15) is 5.75 Å². The Hall–Kier alpha value is -1.17. The maximum absolute atomic E-state index is 12.8. The summed E-state index contributed by atoms with van der Waals surface area (Å²) in [5.41, 5.74) is 1.62. The zero-order chi connectivity index (χ0) is 19.1. The average molecular weight is 362 g/mol. The normalized spacial score (nSPS) is 13.7. The minimum Gasteiger partial charge on any atom is -0.378 e. The molecule has 0 heterocycles. The Balaban J connectivity index is 3.78. The third kappa shape index (κ3) is 4.68. The highest BCUT2D eigenvalue weighted by Crippen LogP contribution is 2.42. The SMILES string of the molecule is CC(C)c1cc(C(C)(C)C)cc(C(C)(C)C)c1OS(=O)(=O)C(F)F. The molecule has 0 atom stereocenters. The third-order valence-electron chi connectivity index (χ3n) is 3.83. The summed E-state index contributed by atoms with van der Waals surface area (Å²) in [7, 11) is -4.97. The monoisotopic (exact) mass is 362 g/mol. The molecule has 1 rings (SSSR count). The predicted octanol–water partition coefficient (Wildman–Crippen LogP) is 5.34. The van der Waals surface area contributed by atoms with Crippen LogP contribution in [0.5, 0.6) is 5.75 Å². The van der Waals surface area contributed by atoms with Gasteiger partial charge in [0.25, 0.3) is 0 Å². The van der Waals surface area contributed by atoms with Crippen molar-refractivity contribution in [2.75, 3.05) is 0 Å². The first-order chi connectivity index (χ1) is 10.6. The summed E-state index contributed by atoms with van der Waals surface area (Å²) in [6, 6.07) is 3.72. The van der Waals surface area contributed by atoms with E-state index in [0.717, 1.165) is 5.56 Å². The second-order valence-electron chi connectivity index (χ2n) is 8.43. The van der Waals surface area contributed by atoms with Crippen molar-refractivity contribution in [3.63, 3.8) is 0 Å². The zero-order valence-electron chi connectivity index (χ0n) is 15.7. The fourth-order valence-electron chi connectivity index (χ4n) is 2.32. The number of alkyl halides is 2. The molecule has 0 spiro atoms. The first kappa shape index (κ1) is 20.9. The highest BCUT2D eigenvalue weighted by molar-refractivity contribution is 7.87. The van der Waals surface area contributed by atoms with Gasteiger partial charge in [0.15, 0.2) is 0 Å². The van der Waals surface area contributed by atoms with E-state index in [1.807, 2.05) is 46.8 Å². The van der Waals surface area contributed by atoms with Crippen LogP contribution in [0.25, 0.3) is 0 Å². The van der Waals surface area contributed by atoms with Gasteiger partial charge in [-0.2, -0.15) is 17.2 Å². The van der Waals surface area contributed by atoms with Crippen molar-refractivity contribution in [1.29, 1.82) is 0 Å². The summed E-state index contributed by atoms with van der Waals surface area (Å²) in [5.74, 6) is -3.62. The van der Waals surface area contributed by atoms with E-state index in [1.165, 1.54) is 0 Å². The predicted molar refractivity (Wildman–Crippen MR) is 93.5 cm³/mol. The van der Waals surface area contributed by atoms with Gasteiger partial charge in [0, 0.05) is 5.56 Å². The van der Waals surface area contributed by atoms with E-state index in [-0.39, 0.29) is 17.1 Å². The number of benzene rings is 1.